The molecular weight excluding hydrogens is 404 g/mol. The zero-order chi connectivity index (χ0) is 22.8. The number of rotatable bonds is 12. The highest BCUT2D eigenvalue weighted by Gasteiger charge is 2.19. The number of aliphatic hydroxyl groups excluding tert-OH is 1. The molecule has 1 heterocycles. The molecule has 0 amide bonds. The lowest BCUT2D eigenvalue weighted by Crippen LogP contribution is -2.36. The minimum atomic E-state index is 0.00924. The molecule has 0 aliphatic heterocycles. The molecule has 1 aromatic heterocycles. The average molecular weight is 437 g/mol. The lowest BCUT2D eigenvalue weighted by atomic mass is 10.0. The number of unbranched alkanes of at least 4 members (excludes halogenated alkanes) is 1. The van der Waals surface area contributed by atoms with Gasteiger partial charge in [0.2, 0.25) is 0 Å². The van der Waals surface area contributed by atoms with E-state index in [1.54, 1.807) is 24.5 Å². The zero-order valence-electron chi connectivity index (χ0n) is 18.8. The second kappa shape index (κ2) is 12.0. The van der Waals surface area contributed by atoms with Crippen molar-refractivity contribution in [2.45, 2.75) is 38.6 Å². The molecule has 0 saturated heterocycles. The summed E-state index contributed by atoms with van der Waals surface area (Å²) in [7, 11) is 1.61. The van der Waals surface area contributed by atoms with Crippen LogP contribution in [0, 0.1) is 0 Å². The number of anilines is 1. The van der Waals surface area contributed by atoms with Gasteiger partial charge in [-0.2, -0.15) is 0 Å². The van der Waals surface area contributed by atoms with E-state index in [4.69, 9.17) is 25.4 Å². The van der Waals surface area contributed by atoms with Crippen LogP contribution in [-0.2, 0) is 0 Å². The fraction of sp³-hybridized carbons (Fsp3) is 0.360. The maximum Gasteiger partial charge on any atom is 0.162 e. The lowest BCUT2D eigenvalue weighted by Gasteiger charge is -2.28. The quantitative estimate of drug-likeness (QED) is 0.245. The first-order valence-electron chi connectivity index (χ1n) is 11.0. The first-order valence-corrected chi connectivity index (χ1v) is 11.0. The van der Waals surface area contributed by atoms with E-state index in [1.807, 2.05) is 36.4 Å². The van der Waals surface area contributed by atoms with Crippen molar-refractivity contribution < 1.29 is 14.6 Å². The molecule has 0 spiro atoms. The molecule has 0 fully saturated rings. The monoisotopic (exact) mass is 436 g/mol. The average Bonchev–Trinajstić information content (AvgIpc) is 2.85. The van der Waals surface area contributed by atoms with E-state index in [2.05, 4.69) is 24.0 Å². The maximum atomic E-state index is 8.91. The van der Waals surface area contributed by atoms with E-state index in [1.165, 1.54) is 0 Å². The Bertz CT molecular complexity index is 968. The number of methoxy groups -OCH3 is 1. The van der Waals surface area contributed by atoms with Gasteiger partial charge in [0.15, 0.2) is 17.3 Å². The number of hydrogen-bond acceptors (Lipinski definition) is 7. The van der Waals surface area contributed by atoms with Crippen LogP contribution < -0.4 is 20.3 Å². The van der Waals surface area contributed by atoms with Crippen molar-refractivity contribution in [1.29, 1.82) is 0 Å². The Kier molecular flexibility index (Phi) is 8.83. The van der Waals surface area contributed by atoms with Crippen molar-refractivity contribution in [3.05, 3.63) is 66.5 Å². The van der Waals surface area contributed by atoms with Crippen LogP contribution in [0.5, 0.6) is 11.5 Å². The molecule has 32 heavy (non-hydrogen) atoms. The Morgan fingerprint density at radius 3 is 2.59 bits per heavy atom. The second-order valence-corrected chi connectivity index (χ2v) is 7.53. The van der Waals surface area contributed by atoms with Gasteiger partial charge in [0.25, 0.3) is 0 Å². The highest BCUT2D eigenvalue weighted by Crippen LogP contribution is 2.33. The molecular formula is C25H32N4O3. The SMILES string of the molecule is CCCC(c1ccccc1)N(N)c1cncc(-c2ccc(OCCCCO)c(OC)c2)n1. The summed E-state index contributed by atoms with van der Waals surface area (Å²) in [6.45, 7) is 2.83. The lowest BCUT2D eigenvalue weighted by molar-refractivity contribution is 0.247. The van der Waals surface area contributed by atoms with Gasteiger partial charge in [-0.25, -0.2) is 10.8 Å². The Hall–Kier alpha value is -3.16. The third kappa shape index (κ3) is 5.96. The summed E-state index contributed by atoms with van der Waals surface area (Å²) in [4.78, 5) is 9.16. The van der Waals surface area contributed by atoms with Gasteiger partial charge < -0.3 is 14.6 Å². The van der Waals surface area contributed by atoms with Crippen LogP contribution in [0.1, 0.15) is 44.2 Å². The molecule has 7 nitrogen and oxygen atoms in total. The van der Waals surface area contributed by atoms with E-state index in [-0.39, 0.29) is 12.6 Å². The number of nitrogens with two attached hydrogens (primary N) is 1. The molecule has 3 rings (SSSR count). The summed E-state index contributed by atoms with van der Waals surface area (Å²) in [5, 5.41) is 10.6. The molecule has 3 aromatic rings. The summed E-state index contributed by atoms with van der Waals surface area (Å²) in [5.74, 6) is 8.42. The zero-order valence-corrected chi connectivity index (χ0v) is 18.8. The molecule has 7 heteroatoms. The molecule has 0 aliphatic carbocycles. The molecule has 1 atom stereocenters. The van der Waals surface area contributed by atoms with Crippen molar-refractivity contribution in [3.8, 4) is 22.8 Å². The number of hydrogen-bond donors (Lipinski definition) is 2. The van der Waals surface area contributed by atoms with Crippen LogP contribution in [0.15, 0.2) is 60.9 Å². The van der Waals surface area contributed by atoms with E-state index < -0.39 is 0 Å². The number of aliphatic hydroxyl groups is 1. The van der Waals surface area contributed by atoms with E-state index in [0.29, 0.717) is 36.0 Å². The van der Waals surface area contributed by atoms with Gasteiger partial charge in [0.1, 0.15) is 0 Å². The highest BCUT2D eigenvalue weighted by atomic mass is 16.5. The predicted molar refractivity (Wildman–Crippen MR) is 127 cm³/mol. The van der Waals surface area contributed by atoms with Crippen LogP contribution >= 0.6 is 0 Å². The van der Waals surface area contributed by atoms with E-state index in [0.717, 1.165) is 30.4 Å². The van der Waals surface area contributed by atoms with Crippen molar-refractivity contribution in [2.24, 2.45) is 5.84 Å². The van der Waals surface area contributed by atoms with Crippen LogP contribution in [0.3, 0.4) is 0 Å². The van der Waals surface area contributed by atoms with Gasteiger partial charge in [-0.05, 0) is 43.0 Å². The van der Waals surface area contributed by atoms with E-state index in [9.17, 15) is 0 Å². The number of hydrazine groups is 1. The first-order chi connectivity index (χ1) is 15.7. The minimum absolute atomic E-state index is 0.00924. The fourth-order valence-corrected chi connectivity index (χ4v) is 3.54. The first kappa shape index (κ1) is 23.5. The fourth-order valence-electron chi connectivity index (χ4n) is 3.54. The van der Waals surface area contributed by atoms with Crippen molar-refractivity contribution >= 4 is 5.82 Å². The van der Waals surface area contributed by atoms with E-state index >= 15 is 0 Å². The van der Waals surface area contributed by atoms with Gasteiger partial charge in [-0.15, -0.1) is 0 Å². The standard InChI is InChI=1S/C25H32N4O3/c1-3-9-22(19-10-5-4-6-11-19)29(26)25-18-27-17-21(28-25)20-12-13-23(24(16-20)31-2)32-15-8-7-14-30/h4-6,10-13,16-18,22,30H,3,7-9,14-15,26H2,1-2H3. The smallest absolute Gasteiger partial charge is 0.162 e. The Labute approximate surface area is 189 Å². The van der Waals surface area contributed by atoms with Crippen molar-refractivity contribution in [3.63, 3.8) is 0 Å². The topological polar surface area (TPSA) is 93.7 Å². The van der Waals surface area contributed by atoms with Gasteiger partial charge in [0.05, 0.1) is 37.8 Å². The van der Waals surface area contributed by atoms with Crippen LogP contribution in [0.2, 0.25) is 0 Å². The Balaban J connectivity index is 1.83. The number of nitrogens with zero attached hydrogens (tertiary/aromatic N) is 3. The molecule has 0 saturated carbocycles. The summed E-state index contributed by atoms with van der Waals surface area (Å²) < 4.78 is 11.3. The van der Waals surface area contributed by atoms with Gasteiger partial charge in [0, 0.05) is 12.2 Å². The molecule has 1 unspecified atom stereocenters. The molecule has 3 N–H and O–H groups in total. The Morgan fingerprint density at radius 1 is 1.06 bits per heavy atom. The van der Waals surface area contributed by atoms with Gasteiger partial charge >= 0.3 is 0 Å². The number of ether oxygens (including phenoxy) is 2. The molecule has 0 bridgehead atoms. The van der Waals surface area contributed by atoms with Gasteiger partial charge in [-0.3, -0.25) is 9.99 Å². The second-order valence-electron chi connectivity index (χ2n) is 7.53. The van der Waals surface area contributed by atoms with Crippen LogP contribution in [0.4, 0.5) is 5.82 Å². The molecule has 0 radical (unpaired) electrons. The Morgan fingerprint density at radius 2 is 1.88 bits per heavy atom. The summed E-state index contributed by atoms with van der Waals surface area (Å²) >= 11 is 0. The van der Waals surface area contributed by atoms with Gasteiger partial charge in [-0.1, -0.05) is 43.7 Å². The highest BCUT2D eigenvalue weighted by molar-refractivity contribution is 5.64. The maximum absolute atomic E-state index is 8.91. The van der Waals surface area contributed by atoms with Crippen molar-refractivity contribution in [1.82, 2.24) is 9.97 Å². The number of benzene rings is 2. The third-order valence-corrected chi connectivity index (χ3v) is 5.24. The summed E-state index contributed by atoms with van der Waals surface area (Å²) in [6, 6.07) is 15.9. The largest absolute Gasteiger partial charge is 0.493 e. The molecule has 170 valence electrons. The summed E-state index contributed by atoms with van der Waals surface area (Å²) in [6.07, 6.45) is 6.79. The van der Waals surface area contributed by atoms with Crippen LogP contribution in [-0.4, -0.2) is 35.4 Å². The van der Waals surface area contributed by atoms with Crippen molar-refractivity contribution in [2.75, 3.05) is 25.3 Å². The minimum Gasteiger partial charge on any atom is -0.493 e. The molecule has 2 aromatic carbocycles. The third-order valence-electron chi connectivity index (χ3n) is 5.24. The summed E-state index contributed by atoms with van der Waals surface area (Å²) in [5.41, 5.74) is 2.71. The molecule has 0 aliphatic rings. The normalized spacial score (nSPS) is 11.8. The number of aromatic nitrogens is 2. The van der Waals surface area contributed by atoms with Crippen LogP contribution in [0.25, 0.3) is 11.3 Å². The predicted octanol–water partition coefficient (Wildman–Crippen LogP) is 4.53.